The van der Waals surface area contributed by atoms with Gasteiger partial charge in [-0.25, -0.2) is 4.98 Å². The van der Waals surface area contributed by atoms with Crippen molar-refractivity contribution in [2.75, 3.05) is 5.32 Å². The minimum atomic E-state index is -0.118. The van der Waals surface area contributed by atoms with Crippen LogP contribution in [0.3, 0.4) is 0 Å². The number of hydrogen-bond acceptors (Lipinski definition) is 3. The molecular formula is C13H12Cl2N2OS. The molecule has 1 heterocycles. The van der Waals surface area contributed by atoms with E-state index in [0.29, 0.717) is 15.2 Å². The molecule has 0 fully saturated rings. The van der Waals surface area contributed by atoms with E-state index in [1.165, 1.54) is 11.3 Å². The molecule has 0 aliphatic heterocycles. The summed E-state index contributed by atoms with van der Waals surface area (Å²) in [5.74, 6) is -0.118. The Hall–Kier alpha value is -1.10. The Morgan fingerprint density at radius 2 is 2.05 bits per heavy atom. The summed E-state index contributed by atoms with van der Waals surface area (Å²) in [5, 5.41) is 4.34. The fraction of sp³-hybridized carbons (Fsp3) is 0.231. The van der Waals surface area contributed by atoms with Gasteiger partial charge in [0.2, 0.25) is 5.91 Å². The van der Waals surface area contributed by atoms with E-state index in [4.69, 9.17) is 23.2 Å². The Morgan fingerprint density at radius 3 is 2.63 bits per heavy atom. The van der Waals surface area contributed by atoms with Gasteiger partial charge in [0.15, 0.2) is 5.13 Å². The van der Waals surface area contributed by atoms with Crippen molar-refractivity contribution >= 4 is 45.6 Å². The molecule has 2 aromatic rings. The van der Waals surface area contributed by atoms with Crippen molar-refractivity contribution < 1.29 is 4.79 Å². The monoisotopic (exact) mass is 314 g/mol. The summed E-state index contributed by atoms with van der Waals surface area (Å²) in [7, 11) is 0. The lowest BCUT2D eigenvalue weighted by molar-refractivity contribution is -0.115. The first kappa shape index (κ1) is 14.3. The van der Waals surface area contributed by atoms with Crippen molar-refractivity contribution in [2.45, 2.75) is 20.3 Å². The Balaban J connectivity index is 2.03. The average Bonchev–Trinajstić information content (AvgIpc) is 2.63. The molecule has 0 aliphatic rings. The van der Waals surface area contributed by atoms with Crippen molar-refractivity contribution in [3.05, 3.63) is 44.4 Å². The lowest BCUT2D eigenvalue weighted by Gasteiger charge is -2.03. The van der Waals surface area contributed by atoms with Gasteiger partial charge in [-0.2, -0.15) is 0 Å². The van der Waals surface area contributed by atoms with Crippen LogP contribution in [0.5, 0.6) is 0 Å². The molecule has 0 aliphatic carbocycles. The third-order valence-corrected chi connectivity index (χ3v) is 4.35. The lowest BCUT2D eigenvalue weighted by atomic mass is 10.1. The van der Waals surface area contributed by atoms with E-state index in [1.54, 1.807) is 18.2 Å². The number of amides is 1. The van der Waals surface area contributed by atoms with Crippen molar-refractivity contribution in [3.8, 4) is 0 Å². The van der Waals surface area contributed by atoms with Gasteiger partial charge >= 0.3 is 0 Å². The van der Waals surface area contributed by atoms with Crippen LogP contribution in [0.25, 0.3) is 0 Å². The summed E-state index contributed by atoms with van der Waals surface area (Å²) >= 11 is 13.2. The Morgan fingerprint density at radius 1 is 1.32 bits per heavy atom. The van der Waals surface area contributed by atoms with E-state index in [0.717, 1.165) is 16.1 Å². The van der Waals surface area contributed by atoms with Crippen LogP contribution in [0, 0.1) is 13.8 Å². The highest BCUT2D eigenvalue weighted by molar-refractivity contribution is 7.15. The summed E-state index contributed by atoms with van der Waals surface area (Å²) in [6.45, 7) is 3.89. The number of carbonyl (C=O) groups is 1. The van der Waals surface area contributed by atoms with Gasteiger partial charge in [-0.15, -0.1) is 11.3 Å². The maximum atomic E-state index is 11.9. The lowest BCUT2D eigenvalue weighted by Crippen LogP contribution is -2.14. The summed E-state index contributed by atoms with van der Waals surface area (Å²) < 4.78 is 0. The van der Waals surface area contributed by atoms with Crippen LogP contribution in [0.15, 0.2) is 18.2 Å². The van der Waals surface area contributed by atoms with E-state index < -0.39 is 0 Å². The van der Waals surface area contributed by atoms with E-state index in [2.05, 4.69) is 10.3 Å². The first-order valence-electron chi connectivity index (χ1n) is 5.63. The fourth-order valence-corrected chi connectivity index (χ4v) is 2.68. The molecule has 3 nitrogen and oxygen atoms in total. The second kappa shape index (κ2) is 5.90. The summed E-state index contributed by atoms with van der Waals surface area (Å²) in [5.41, 5.74) is 1.76. The maximum absolute atomic E-state index is 11.9. The van der Waals surface area contributed by atoms with Gasteiger partial charge in [-0.3, -0.25) is 4.79 Å². The highest BCUT2D eigenvalue weighted by atomic mass is 35.5. The third kappa shape index (κ3) is 3.69. The number of hydrogen-bond donors (Lipinski definition) is 1. The fourth-order valence-electron chi connectivity index (χ4n) is 1.52. The predicted molar refractivity (Wildman–Crippen MR) is 80.4 cm³/mol. The van der Waals surface area contributed by atoms with Crippen LogP contribution in [0.4, 0.5) is 5.13 Å². The molecule has 0 radical (unpaired) electrons. The molecule has 0 bridgehead atoms. The summed E-state index contributed by atoms with van der Waals surface area (Å²) in [6.07, 6.45) is 0.245. The van der Waals surface area contributed by atoms with Crippen LogP contribution in [0.1, 0.15) is 16.1 Å². The van der Waals surface area contributed by atoms with Gasteiger partial charge in [0, 0.05) is 4.88 Å². The molecule has 0 unspecified atom stereocenters. The minimum absolute atomic E-state index is 0.118. The molecule has 0 saturated heterocycles. The number of nitrogens with one attached hydrogen (secondary N) is 1. The first-order chi connectivity index (χ1) is 8.95. The summed E-state index contributed by atoms with van der Waals surface area (Å²) in [6, 6.07) is 5.16. The second-order valence-corrected chi connectivity index (χ2v) is 6.15. The van der Waals surface area contributed by atoms with Crippen LogP contribution < -0.4 is 5.32 Å². The van der Waals surface area contributed by atoms with Gasteiger partial charge in [-0.1, -0.05) is 29.3 Å². The summed E-state index contributed by atoms with van der Waals surface area (Å²) in [4.78, 5) is 17.2. The van der Waals surface area contributed by atoms with Crippen LogP contribution in [-0.4, -0.2) is 10.9 Å². The third-order valence-electron chi connectivity index (χ3n) is 2.62. The topological polar surface area (TPSA) is 42.0 Å². The molecule has 1 aromatic carbocycles. The standard InChI is InChI=1S/C13H12Cl2N2OS/c1-7-8(2)19-13(16-7)17-12(18)6-9-3-4-10(14)11(15)5-9/h3-5H,6H2,1-2H3,(H,16,17,18). The number of halogens is 2. The normalized spacial score (nSPS) is 10.5. The zero-order chi connectivity index (χ0) is 14.0. The van der Waals surface area contributed by atoms with Crippen molar-refractivity contribution in [3.63, 3.8) is 0 Å². The zero-order valence-corrected chi connectivity index (χ0v) is 12.8. The molecule has 0 atom stereocenters. The van der Waals surface area contributed by atoms with E-state index in [1.807, 2.05) is 13.8 Å². The van der Waals surface area contributed by atoms with Gasteiger partial charge in [0.25, 0.3) is 0 Å². The smallest absolute Gasteiger partial charge is 0.230 e. The Labute approximate surface area is 125 Å². The minimum Gasteiger partial charge on any atom is -0.302 e. The SMILES string of the molecule is Cc1nc(NC(=O)Cc2ccc(Cl)c(Cl)c2)sc1C. The number of carbonyl (C=O) groups excluding carboxylic acids is 1. The van der Waals surface area contributed by atoms with Gasteiger partial charge < -0.3 is 5.32 Å². The molecule has 100 valence electrons. The van der Waals surface area contributed by atoms with Gasteiger partial charge in [0.05, 0.1) is 22.2 Å². The number of nitrogens with zero attached hydrogens (tertiary/aromatic N) is 1. The predicted octanol–water partition coefficient (Wildman–Crippen LogP) is 4.25. The quantitative estimate of drug-likeness (QED) is 0.920. The maximum Gasteiger partial charge on any atom is 0.230 e. The molecule has 6 heteroatoms. The Kier molecular flexibility index (Phi) is 4.45. The molecule has 1 N–H and O–H groups in total. The van der Waals surface area contributed by atoms with E-state index in [-0.39, 0.29) is 12.3 Å². The van der Waals surface area contributed by atoms with E-state index in [9.17, 15) is 4.79 Å². The van der Waals surface area contributed by atoms with Crippen LogP contribution in [-0.2, 0) is 11.2 Å². The highest BCUT2D eigenvalue weighted by Crippen LogP contribution is 2.24. The Bertz CT molecular complexity index is 606. The van der Waals surface area contributed by atoms with Crippen molar-refractivity contribution in [2.24, 2.45) is 0 Å². The first-order valence-corrected chi connectivity index (χ1v) is 7.21. The average molecular weight is 315 g/mol. The second-order valence-electron chi connectivity index (χ2n) is 4.13. The van der Waals surface area contributed by atoms with E-state index >= 15 is 0 Å². The molecule has 2 rings (SSSR count). The number of benzene rings is 1. The molecule has 1 aromatic heterocycles. The molecule has 0 spiro atoms. The number of rotatable bonds is 3. The van der Waals surface area contributed by atoms with Crippen LogP contribution in [0.2, 0.25) is 10.0 Å². The zero-order valence-electron chi connectivity index (χ0n) is 10.5. The highest BCUT2D eigenvalue weighted by Gasteiger charge is 2.09. The number of aryl methyl sites for hydroxylation is 2. The molecular weight excluding hydrogens is 303 g/mol. The number of anilines is 1. The van der Waals surface area contributed by atoms with Crippen LogP contribution >= 0.6 is 34.5 Å². The number of thiazole rings is 1. The largest absolute Gasteiger partial charge is 0.302 e. The molecule has 0 saturated carbocycles. The van der Waals surface area contributed by atoms with Gasteiger partial charge in [-0.05, 0) is 31.5 Å². The van der Waals surface area contributed by atoms with Crippen molar-refractivity contribution in [1.82, 2.24) is 4.98 Å². The van der Waals surface area contributed by atoms with Gasteiger partial charge in [0.1, 0.15) is 0 Å². The van der Waals surface area contributed by atoms with Crippen molar-refractivity contribution in [1.29, 1.82) is 0 Å². The molecule has 19 heavy (non-hydrogen) atoms. The molecule has 1 amide bonds. The number of aromatic nitrogens is 1.